The number of unbranched alkanes of at least 4 members (excludes halogenated alkanes) is 1. The number of halogens is 2. The predicted molar refractivity (Wildman–Crippen MR) is 171 cm³/mol. The van der Waals surface area contributed by atoms with E-state index in [1.165, 1.54) is 0 Å². The number of anilines is 2. The molecule has 1 aliphatic heterocycles. The van der Waals surface area contributed by atoms with Gasteiger partial charge in [0.15, 0.2) is 0 Å². The topological polar surface area (TPSA) is 94.7 Å². The number of fused-ring (bicyclic) bond motifs is 1. The smallest absolute Gasteiger partial charge is 0.109 e. The molecule has 0 amide bonds. The van der Waals surface area contributed by atoms with Crippen LogP contribution >= 0.6 is 23.2 Å². The summed E-state index contributed by atoms with van der Waals surface area (Å²) in [4.78, 5) is 7.02. The van der Waals surface area contributed by atoms with Crippen LogP contribution in [-0.4, -0.2) is 50.1 Å². The van der Waals surface area contributed by atoms with Crippen molar-refractivity contribution in [3.63, 3.8) is 0 Å². The van der Waals surface area contributed by atoms with Gasteiger partial charge < -0.3 is 10.6 Å². The number of nitrogens with zero attached hydrogens (tertiary/aromatic N) is 6. The molecular formula is C32H38Cl2N8. The minimum atomic E-state index is -0.303. The number of hydrogen-bond acceptors (Lipinski definition) is 7. The Morgan fingerprint density at radius 3 is 2.52 bits per heavy atom. The minimum absolute atomic E-state index is 0.165. The molecular weight excluding hydrogens is 567 g/mol. The van der Waals surface area contributed by atoms with Gasteiger partial charge >= 0.3 is 0 Å². The highest BCUT2D eigenvalue weighted by molar-refractivity contribution is 6.36. The Morgan fingerprint density at radius 2 is 1.86 bits per heavy atom. The third-order valence-corrected chi connectivity index (χ3v) is 8.54. The van der Waals surface area contributed by atoms with Gasteiger partial charge in [0.1, 0.15) is 11.8 Å². The molecule has 1 fully saturated rings. The Morgan fingerprint density at radius 1 is 1.12 bits per heavy atom. The largest absolute Gasteiger partial charge is 0.383 e. The Bertz CT molecular complexity index is 1560. The normalized spacial score (nSPS) is 15.5. The van der Waals surface area contributed by atoms with Gasteiger partial charge in [-0.05, 0) is 69.9 Å². The summed E-state index contributed by atoms with van der Waals surface area (Å²) in [5.41, 5.74) is 4.63. The number of hydrogen-bond donors (Lipinski definition) is 2. The van der Waals surface area contributed by atoms with E-state index < -0.39 is 0 Å². The van der Waals surface area contributed by atoms with E-state index >= 15 is 0 Å². The molecule has 8 nitrogen and oxygen atoms in total. The van der Waals surface area contributed by atoms with E-state index in [4.69, 9.17) is 23.2 Å². The van der Waals surface area contributed by atoms with Gasteiger partial charge in [-0.1, -0.05) is 53.9 Å². The number of pyridine rings is 1. The lowest BCUT2D eigenvalue weighted by Crippen LogP contribution is -2.46. The average Bonchev–Trinajstić information content (AvgIpc) is 3.46. The van der Waals surface area contributed by atoms with Crippen molar-refractivity contribution in [3.8, 4) is 6.07 Å². The Kier molecular flexibility index (Phi) is 9.22. The molecule has 0 aliphatic carbocycles. The predicted octanol–water partition coefficient (Wildman–Crippen LogP) is 7.85. The van der Waals surface area contributed by atoms with E-state index in [2.05, 4.69) is 70.8 Å². The fourth-order valence-corrected chi connectivity index (χ4v) is 5.95. The van der Waals surface area contributed by atoms with E-state index in [0.29, 0.717) is 27.2 Å². The van der Waals surface area contributed by atoms with E-state index in [1.54, 1.807) is 6.20 Å². The van der Waals surface area contributed by atoms with Crippen molar-refractivity contribution in [1.29, 1.82) is 5.26 Å². The van der Waals surface area contributed by atoms with Gasteiger partial charge in [0, 0.05) is 47.5 Å². The first-order valence-corrected chi connectivity index (χ1v) is 15.4. The van der Waals surface area contributed by atoms with Crippen LogP contribution < -0.4 is 10.6 Å². The van der Waals surface area contributed by atoms with Crippen LogP contribution in [0.5, 0.6) is 0 Å². The molecule has 220 valence electrons. The van der Waals surface area contributed by atoms with Crippen molar-refractivity contribution in [3.05, 3.63) is 75.7 Å². The highest BCUT2D eigenvalue weighted by Gasteiger charge is 2.29. The molecule has 2 aromatic carbocycles. The molecule has 1 atom stereocenters. The zero-order valence-corrected chi connectivity index (χ0v) is 26.2. The summed E-state index contributed by atoms with van der Waals surface area (Å²) in [6, 6.07) is 13.9. The first-order chi connectivity index (χ1) is 20.2. The lowest BCUT2D eigenvalue weighted by Gasteiger charge is -2.40. The Labute approximate surface area is 258 Å². The van der Waals surface area contributed by atoms with Crippen molar-refractivity contribution in [2.24, 2.45) is 0 Å². The second-order valence-corrected chi connectivity index (χ2v) is 12.8. The minimum Gasteiger partial charge on any atom is -0.383 e. The molecule has 4 aromatic rings. The van der Waals surface area contributed by atoms with Crippen LogP contribution in [-0.2, 0) is 0 Å². The van der Waals surface area contributed by atoms with Crippen molar-refractivity contribution in [2.45, 2.75) is 71.0 Å². The monoisotopic (exact) mass is 604 g/mol. The second kappa shape index (κ2) is 12.9. The molecule has 42 heavy (non-hydrogen) atoms. The fraction of sp³-hybridized carbons (Fsp3) is 0.438. The van der Waals surface area contributed by atoms with E-state index in [1.807, 2.05) is 41.1 Å². The lowest BCUT2D eigenvalue weighted by molar-refractivity contribution is 0.0866. The number of aromatic nitrogens is 4. The van der Waals surface area contributed by atoms with Crippen molar-refractivity contribution >= 4 is 45.5 Å². The first kappa shape index (κ1) is 30.1. The molecule has 1 unspecified atom stereocenters. The number of likely N-dealkylation sites (tertiary alicyclic amines) is 1. The molecule has 0 bridgehead atoms. The molecule has 3 heterocycles. The first-order valence-electron chi connectivity index (χ1n) is 14.6. The van der Waals surface area contributed by atoms with E-state index in [-0.39, 0.29) is 11.6 Å². The lowest BCUT2D eigenvalue weighted by atomic mass is 9.98. The van der Waals surface area contributed by atoms with Gasteiger partial charge in [-0.3, -0.25) is 9.88 Å². The van der Waals surface area contributed by atoms with Crippen LogP contribution in [0.25, 0.3) is 10.9 Å². The number of rotatable bonds is 9. The maximum atomic E-state index is 9.79. The van der Waals surface area contributed by atoms with Crippen LogP contribution in [0, 0.1) is 11.3 Å². The van der Waals surface area contributed by atoms with Gasteiger partial charge in [-0.15, -0.1) is 5.10 Å². The maximum Gasteiger partial charge on any atom is 0.109 e. The van der Waals surface area contributed by atoms with Crippen LogP contribution in [0.4, 0.5) is 11.4 Å². The van der Waals surface area contributed by atoms with Crippen molar-refractivity contribution in [2.75, 3.05) is 30.3 Å². The zero-order chi connectivity index (χ0) is 29.9. The zero-order valence-electron chi connectivity index (χ0n) is 24.7. The standard InChI is InChI=1S/C32H38Cl2N8/c1-5-6-13-36-29-22(18-35)19-37-31-26(29)16-24(17-27(31)34)38-30(21-7-9-23(33)10-8-21)28-20-42(40-39-28)25-11-14-41(15-12-25)32(2,3)4/h7-10,16-17,19-20,25,30,38H,5-6,11-15H2,1-4H3,(H,36,37). The van der Waals surface area contributed by atoms with E-state index in [0.717, 1.165) is 73.3 Å². The molecule has 1 aliphatic rings. The van der Waals surface area contributed by atoms with E-state index in [9.17, 15) is 5.26 Å². The molecule has 10 heteroatoms. The molecule has 0 radical (unpaired) electrons. The van der Waals surface area contributed by atoms with Crippen LogP contribution in [0.2, 0.25) is 10.0 Å². The van der Waals surface area contributed by atoms with Crippen molar-refractivity contribution < 1.29 is 0 Å². The van der Waals surface area contributed by atoms with Crippen LogP contribution in [0.1, 0.15) is 82.3 Å². The third kappa shape index (κ3) is 6.64. The highest BCUT2D eigenvalue weighted by atomic mass is 35.5. The Balaban J connectivity index is 1.48. The second-order valence-electron chi connectivity index (χ2n) is 11.9. The number of benzene rings is 2. The molecule has 0 spiro atoms. The highest BCUT2D eigenvalue weighted by Crippen LogP contribution is 2.36. The summed E-state index contributed by atoms with van der Waals surface area (Å²) in [6.07, 6.45) is 7.73. The van der Waals surface area contributed by atoms with Gasteiger partial charge in [-0.2, -0.15) is 5.26 Å². The third-order valence-electron chi connectivity index (χ3n) is 8.00. The summed E-state index contributed by atoms with van der Waals surface area (Å²) in [6.45, 7) is 11.8. The molecule has 0 saturated carbocycles. The van der Waals surface area contributed by atoms with Gasteiger partial charge in [-0.25, -0.2) is 4.68 Å². The molecule has 2 N–H and O–H groups in total. The van der Waals surface area contributed by atoms with Crippen molar-refractivity contribution in [1.82, 2.24) is 24.9 Å². The van der Waals surface area contributed by atoms with Gasteiger partial charge in [0.25, 0.3) is 0 Å². The fourth-order valence-electron chi connectivity index (χ4n) is 5.56. The summed E-state index contributed by atoms with van der Waals surface area (Å²) in [5, 5.41) is 28.1. The molecule has 5 rings (SSSR count). The number of nitrogens with one attached hydrogen (secondary N) is 2. The van der Waals surface area contributed by atoms with Crippen LogP contribution in [0.15, 0.2) is 48.8 Å². The SMILES string of the molecule is CCCCNc1c(C#N)cnc2c(Cl)cc(NC(c3ccc(Cl)cc3)c3cn(C4CCN(C(C)(C)C)CC4)nn3)cc12. The average molecular weight is 606 g/mol. The summed E-state index contributed by atoms with van der Waals surface area (Å²) < 4.78 is 2.02. The summed E-state index contributed by atoms with van der Waals surface area (Å²) in [7, 11) is 0. The maximum absolute atomic E-state index is 9.79. The summed E-state index contributed by atoms with van der Waals surface area (Å²) in [5.74, 6) is 0. The van der Waals surface area contributed by atoms with Crippen LogP contribution in [0.3, 0.4) is 0 Å². The molecule has 1 saturated heterocycles. The van der Waals surface area contributed by atoms with Gasteiger partial charge in [0.05, 0.1) is 40.1 Å². The molecule has 2 aromatic heterocycles. The quantitative estimate of drug-likeness (QED) is 0.188. The Hall–Kier alpha value is -3.38. The van der Waals surface area contributed by atoms with Gasteiger partial charge in [0.2, 0.25) is 0 Å². The summed E-state index contributed by atoms with van der Waals surface area (Å²) >= 11 is 13.0. The number of piperidine rings is 1. The number of nitriles is 1.